The third-order valence-electron chi connectivity index (χ3n) is 2.98. The molecule has 20 heavy (non-hydrogen) atoms. The molecule has 1 amide bonds. The number of nitrogens with zero attached hydrogens (tertiary/aromatic N) is 1. The molecule has 1 aromatic carbocycles. The normalized spacial score (nSPS) is 11.5. The Morgan fingerprint density at radius 2 is 1.80 bits per heavy atom. The Kier molecular flexibility index (Phi) is 5.13. The molecule has 1 N–H and O–H groups in total. The standard InChI is InChI=1S/C13H20N2O4S/c1-9-6-11(19-5)7-10(2)13(9)20(17,18)15(4)8-12(16)14-3/h6-7H,8H2,1-5H3,(H,14,16). The van der Waals surface area contributed by atoms with Crippen LogP contribution in [0.3, 0.4) is 0 Å². The van der Waals surface area contributed by atoms with Crippen molar-refractivity contribution < 1.29 is 17.9 Å². The van der Waals surface area contributed by atoms with Gasteiger partial charge in [-0.05, 0) is 37.1 Å². The molecule has 7 heteroatoms. The van der Waals surface area contributed by atoms with E-state index in [-0.39, 0.29) is 17.3 Å². The number of ether oxygens (including phenoxy) is 1. The molecule has 0 aliphatic rings. The van der Waals surface area contributed by atoms with Crippen LogP contribution in [0, 0.1) is 13.8 Å². The van der Waals surface area contributed by atoms with Crippen molar-refractivity contribution in [1.29, 1.82) is 0 Å². The molecule has 6 nitrogen and oxygen atoms in total. The minimum atomic E-state index is -3.71. The molecule has 0 atom stereocenters. The zero-order chi connectivity index (χ0) is 15.5. The number of sulfonamides is 1. The molecule has 0 aliphatic heterocycles. The zero-order valence-electron chi connectivity index (χ0n) is 12.4. The molecule has 0 saturated carbocycles. The first-order valence-electron chi connectivity index (χ1n) is 6.06. The van der Waals surface area contributed by atoms with Crippen LogP contribution in [0.1, 0.15) is 11.1 Å². The molecular weight excluding hydrogens is 280 g/mol. The van der Waals surface area contributed by atoms with Gasteiger partial charge in [0.2, 0.25) is 15.9 Å². The summed E-state index contributed by atoms with van der Waals surface area (Å²) in [7, 11) is 0.662. The van der Waals surface area contributed by atoms with E-state index in [9.17, 15) is 13.2 Å². The van der Waals surface area contributed by atoms with E-state index in [0.29, 0.717) is 16.9 Å². The number of amides is 1. The van der Waals surface area contributed by atoms with Gasteiger partial charge in [0.25, 0.3) is 0 Å². The van der Waals surface area contributed by atoms with Crippen LogP contribution >= 0.6 is 0 Å². The van der Waals surface area contributed by atoms with Crippen LogP contribution in [0.2, 0.25) is 0 Å². The summed E-state index contributed by atoms with van der Waals surface area (Å²) in [5.74, 6) is 0.243. The van der Waals surface area contributed by atoms with Crippen LogP contribution in [-0.4, -0.2) is 46.4 Å². The quantitative estimate of drug-likeness (QED) is 0.867. The van der Waals surface area contributed by atoms with Gasteiger partial charge >= 0.3 is 0 Å². The van der Waals surface area contributed by atoms with E-state index < -0.39 is 10.0 Å². The lowest BCUT2D eigenvalue weighted by Crippen LogP contribution is -2.37. The fourth-order valence-electron chi connectivity index (χ4n) is 1.96. The lowest BCUT2D eigenvalue weighted by Gasteiger charge is -2.19. The van der Waals surface area contributed by atoms with Crippen molar-refractivity contribution in [1.82, 2.24) is 9.62 Å². The van der Waals surface area contributed by atoms with Crippen LogP contribution < -0.4 is 10.1 Å². The van der Waals surface area contributed by atoms with E-state index in [1.165, 1.54) is 21.2 Å². The van der Waals surface area contributed by atoms with Crippen molar-refractivity contribution in [3.05, 3.63) is 23.3 Å². The SMILES string of the molecule is CNC(=O)CN(C)S(=O)(=O)c1c(C)cc(OC)cc1C. The molecule has 0 spiro atoms. The summed E-state index contributed by atoms with van der Waals surface area (Å²) < 4.78 is 31.2. The Balaban J connectivity index is 3.25. The second kappa shape index (κ2) is 6.23. The minimum absolute atomic E-state index is 0.213. The molecule has 0 aliphatic carbocycles. The highest BCUT2D eigenvalue weighted by atomic mass is 32.2. The first-order chi connectivity index (χ1) is 9.23. The van der Waals surface area contributed by atoms with Crippen LogP contribution in [0.5, 0.6) is 5.75 Å². The lowest BCUT2D eigenvalue weighted by atomic mass is 10.1. The second-order valence-electron chi connectivity index (χ2n) is 4.52. The average Bonchev–Trinajstić information content (AvgIpc) is 2.36. The number of benzene rings is 1. The molecule has 112 valence electrons. The molecule has 1 aromatic rings. The molecule has 0 aromatic heterocycles. The van der Waals surface area contributed by atoms with E-state index in [1.54, 1.807) is 26.0 Å². The maximum atomic E-state index is 12.5. The van der Waals surface area contributed by atoms with Crippen LogP contribution in [-0.2, 0) is 14.8 Å². The number of rotatable bonds is 5. The number of likely N-dealkylation sites (N-methyl/N-ethyl adjacent to an activating group) is 2. The molecule has 0 saturated heterocycles. The van der Waals surface area contributed by atoms with Crippen molar-refractivity contribution in [3.8, 4) is 5.75 Å². The van der Waals surface area contributed by atoms with E-state index in [0.717, 1.165) is 4.31 Å². The van der Waals surface area contributed by atoms with Gasteiger partial charge in [0.05, 0.1) is 18.6 Å². The van der Waals surface area contributed by atoms with Crippen molar-refractivity contribution in [2.75, 3.05) is 27.7 Å². The molecular formula is C13H20N2O4S. The van der Waals surface area contributed by atoms with E-state index in [2.05, 4.69) is 5.32 Å². The number of hydrogen-bond acceptors (Lipinski definition) is 4. The Morgan fingerprint density at radius 3 is 2.20 bits per heavy atom. The largest absolute Gasteiger partial charge is 0.497 e. The highest BCUT2D eigenvalue weighted by Crippen LogP contribution is 2.27. The van der Waals surface area contributed by atoms with E-state index in [4.69, 9.17) is 4.74 Å². The fraction of sp³-hybridized carbons (Fsp3) is 0.462. The predicted molar refractivity (Wildman–Crippen MR) is 76.4 cm³/mol. The van der Waals surface area contributed by atoms with E-state index >= 15 is 0 Å². The highest BCUT2D eigenvalue weighted by molar-refractivity contribution is 7.89. The summed E-state index contributed by atoms with van der Waals surface area (Å²) in [6.45, 7) is 3.19. The third kappa shape index (κ3) is 3.29. The minimum Gasteiger partial charge on any atom is -0.497 e. The van der Waals surface area contributed by atoms with Crippen molar-refractivity contribution in [2.45, 2.75) is 18.7 Å². The summed E-state index contributed by atoms with van der Waals surface area (Å²) in [6, 6.07) is 3.32. The molecule has 0 fully saturated rings. The number of carbonyl (C=O) groups is 1. The second-order valence-corrected chi connectivity index (χ2v) is 6.51. The highest BCUT2D eigenvalue weighted by Gasteiger charge is 2.26. The molecule has 0 radical (unpaired) electrons. The van der Waals surface area contributed by atoms with Crippen molar-refractivity contribution in [2.24, 2.45) is 0 Å². The number of nitrogens with one attached hydrogen (secondary N) is 1. The van der Waals surface area contributed by atoms with Gasteiger partial charge in [0.1, 0.15) is 5.75 Å². The number of methoxy groups -OCH3 is 1. The summed E-state index contributed by atoms with van der Waals surface area (Å²) >= 11 is 0. The van der Waals surface area contributed by atoms with Gasteiger partial charge in [-0.1, -0.05) is 0 Å². The molecule has 1 rings (SSSR count). The lowest BCUT2D eigenvalue weighted by molar-refractivity contribution is -0.120. The summed E-state index contributed by atoms with van der Waals surface area (Å²) in [6.07, 6.45) is 0. The Labute approximate surface area is 119 Å². The zero-order valence-corrected chi connectivity index (χ0v) is 13.2. The molecule has 0 heterocycles. The van der Waals surface area contributed by atoms with Gasteiger partial charge in [-0.3, -0.25) is 4.79 Å². The van der Waals surface area contributed by atoms with E-state index in [1.807, 2.05) is 0 Å². The monoisotopic (exact) mass is 300 g/mol. The van der Waals surface area contributed by atoms with Gasteiger partial charge in [0.15, 0.2) is 0 Å². The van der Waals surface area contributed by atoms with Crippen LogP contribution in [0.25, 0.3) is 0 Å². The van der Waals surface area contributed by atoms with Crippen LogP contribution in [0.15, 0.2) is 17.0 Å². The Hall–Kier alpha value is -1.60. The topological polar surface area (TPSA) is 75.7 Å². The third-order valence-corrected chi connectivity index (χ3v) is 5.09. The smallest absolute Gasteiger partial charge is 0.243 e. The van der Waals surface area contributed by atoms with Gasteiger partial charge in [-0.25, -0.2) is 8.42 Å². The summed E-state index contributed by atoms with van der Waals surface area (Å²) in [5, 5.41) is 2.40. The Morgan fingerprint density at radius 1 is 1.30 bits per heavy atom. The molecule has 0 unspecified atom stereocenters. The van der Waals surface area contributed by atoms with Gasteiger partial charge in [0, 0.05) is 14.1 Å². The van der Waals surface area contributed by atoms with Crippen LogP contribution in [0.4, 0.5) is 0 Å². The van der Waals surface area contributed by atoms with Crippen molar-refractivity contribution in [3.63, 3.8) is 0 Å². The Bertz CT molecular complexity index is 588. The maximum Gasteiger partial charge on any atom is 0.243 e. The number of carbonyl (C=O) groups excluding carboxylic acids is 1. The molecule has 0 bridgehead atoms. The number of aryl methyl sites for hydroxylation is 2. The first kappa shape index (κ1) is 16.5. The summed E-state index contributed by atoms with van der Waals surface area (Å²) in [4.78, 5) is 11.5. The number of hydrogen-bond donors (Lipinski definition) is 1. The predicted octanol–water partition coefficient (Wildman–Crippen LogP) is 0.679. The fourth-order valence-corrected chi connectivity index (χ4v) is 3.49. The van der Waals surface area contributed by atoms with Crippen molar-refractivity contribution >= 4 is 15.9 Å². The maximum absolute atomic E-state index is 12.5. The van der Waals surface area contributed by atoms with Gasteiger partial charge in [-0.2, -0.15) is 4.31 Å². The first-order valence-corrected chi connectivity index (χ1v) is 7.50. The average molecular weight is 300 g/mol. The van der Waals surface area contributed by atoms with Gasteiger partial charge < -0.3 is 10.1 Å². The summed E-state index contributed by atoms with van der Waals surface area (Å²) in [5.41, 5.74) is 1.18. The van der Waals surface area contributed by atoms with Gasteiger partial charge in [-0.15, -0.1) is 0 Å².